The molecule has 0 aromatic heterocycles. The van der Waals surface area contributed by atoms with Crippen LogP contribution in [0.2, 0.25) is 0 Å². The van der Waals surface area contributed by atoms with Crippen LogP contribution in [0.4, 0.5) is 5.69 Å². The Morgan fingerprint density at radius 2 is 2.08 bits per heavy atom. The first kappa shape index (κ1) is 17.1. The van der Waals surface area contributed by atoms with Gasteiger partial charge in [0.05, 0.1) is 12.8 Å². The molecular weight excluding hydrogens is 304 g/mol. The van der Waals surface area contributed by atoms with E-state index >= 15 is 0 Å². The molecule has 1 atom stereocenters. The highest BCUT2D eigenvalue weighted by Crippen LogP contribution is 2.30. The number of para-hydroxylation sites is 2. The lowest BCUT2D eigenvalue weighted by Gasteiger charge is -2.35. The number of rotatable bonds is 5. The van der Waals surface area contributed by atoms with Crippen molar-refractivity contribution in [3.05, 3.63) is 24.3 Å². The Balaban J connectivity index is 1.54. The number of nitrogens with zero attached hydrogens (tertiary/aromatic N) is 1. The minimum Gasteiger partial charge on any atom is -0.495 e. The minimum atomic E-state index is 0.189. The van der Waals surface area contributed by atoms with Gasteiger partial charge in [0.2, 0.25) is 5.91 Å². The molecule has 0 radical (unpaired) electrons. The molecule has 1 N–H and O–H groups in total. The predicted molar refractivity (Wildman–Crippen MR) is 94.5 cm³/mol. The molecule has 2 heterocycles. The van der Waals surface area contributed by atoms with Gasteiger partial charge in [-0.25, -0.2) is 0 Å². The zero-order valence-corrected chi connectivity index (χ0v) is 14.5. The summed E-state index contributed by atoms with van der Waals surface area (Å²) in [7, 11) is 1.70. The number of hydrogen-bond acceptors (Lipinski definition) is 4. The van der Waals surface area contributed by atoms with Crippen molar-refractivity contribution >= 4 is 11.6 Å². The highest BCUT2D eigenvalue weighted by atomic mass is 16.5. The minimum absolute atomic E-state index is 0.189. The van der Waals surface area contributed by atoms with Gasteiger partial charge in [0.15, 0.2) is 0 Å². The van der Waals surface area contributed by atoms with Crippen molar-refractivity contribution in [3.63, 3.8) is 0 Å². The largest absolute Gasteiger partial charge is 0.495 e. The molecule has 5 nitrogen and oxygen atoms in total. The summed E-state index contributed by atoms with van der Waals surface area (Å²) in [5, 5.41) is 3.24. The normalized spacial score (nSPS) is 22.2. The Morgan fingerprint density at radius 1 is 1.29 bits per heavy atom. The fraction of sp³-hybridized carbons (Fsp3) is 0.632. The van der Waals surface area contributed by atoms with Crippen LogP contribution in [0.5, 0.6) is 5.75 Å². The summed E-state index contributed by atoms with van der Waals surface area (Å²) in [5.74, 6) is 1.56. The quantitative estimate of drug-likeness (QED) is 0.900. The Labute approximate surface area is 144 Å². The molecule has 0 spiro atoms. The van der Waals surface area contributed by atoms with Crippen LogP contribution >= 0.6 is 0 Å². The molecule has 1 aromatic carbocycles. The van der Waals surface area contributed by atoms with Crippen molar-refractivity contribution < 1.29 is 14.3 Å². The summed E-state index contributed by atoms with van der Waals surface area (Å²) in [6.45, 7) is 3.44. The van der Waals surface area contributed by atoms with Crippen LogP contribution in [-0.4, -0.2) is 45.4 Å². The maximum absolute atomic E-state index is 12.4. The number of hydrogen-bond donors (Lipinski definition) is 1. The molecule has 3 rings (SSSR count). The molecule has 1 amide bonds. The number of nitrogens with one attached hydrogen (secondary N) is 1. The highest BCUT2D eigenvalue weighted by Gasteiger charge is 2.24. The number of methoxy groups -OCH3 is 1. The molecule has 0 aliphatic carbocycles. The number of amides is 1. The van der Waals surface area contributed by atoms with E-state index in [4.69, 9.17) is 9.47 Å². The van der Waals surface area contributed by atoms with E-state index in [0.717, 1.165) is 63.4 Å². The van der Waals surface area contributed by atoms with E-state index in [1.807, 2.05) is 18.2 Å². The smallest absolute Gasteiger partial charge is 0.220 e. The first-order valence-electron chi connectivity index (χ1n) is 9.01. The van der Waals surface area contributed by atoms with Crippen molar-refractivity contribution in [1.82, 2.24) is 5.32 Å². The Kier molecular flexibility index (Phi) is 5.96. The summed E-state index contributed by atoms with van der Waals surface area (Å²) < 4.78 is 10.8. The molecule has 2 fully saturated rings. The van der Waals surface area contributed by atoms with Gasteiger partial charge in [0, 0.05) is 38.8 Å². The van der Waals surface area contributed by atoms with Gasteiger partial charge in [0.25, 0.3) is 0 Å². The highest BCUT2D eigenvalue weighted by molar-refractivity contribution is 5.76. The summed E-state index contributed by atoms with van der Waals surface area (Å²) >= 11 is 0. The Hall–Kier alpha value is -1.75. The lowest BCUT2D eigenvalue weighted by molar-refractivity contribution is -0.123. The third-order valence-electron chi connectivity index (χ3n) is 5.03. The molecule has 2 aliphatic heterocycles. The maximum atomic E-state index is 12.4. The van der Waals surface area contributed by atoms with Gasteiger partial charge in [-0.3, -0.25) is 4.79 Å². The average molecular weight is 332 g/mol. The molecule has 1 unspecified atom stereocenters. The second kappa shape index (κ2) is 8.38. The van der Waals surface area contributed by atoms with Crippen LogP contribution in [-0.2, 0) is 9.53 Å². The van der Waals surface area contributed by atoms with Gasteiger partial charge in [-0.2, -0.15) is 0 Å². The molecule has 24 heavy (non-hydrogen) atoms. The van der Waals surface area contributed by atoms with Crippen molar-refractivity contribution in [2.75, 3.05) is 38.3 Å². The van der Waals surface area contributed by atoms with Crippen molar-refractivity contribution in [2.24, 2.45) is 5.92 Å². The SMILES string of the molecule is COc1ccccc1N1CCCC(NC(=O)CC2CCOCC2)C1. The van der Waals surface area contributed by atoms with Crippen molar-refractivity contribution in [2.45, 2.75) is 38.1 Å². The third-order valence-corrected chi connectivity index (χ3v) is 5.03. The van der Waals surface area contributed by atoms with Gasteiger partial charge in [-0.15, -0.1) is 0 Å². The zero-order valence-electron chi connectivity index (χ0n) is 14.5. The number of benzene rings is 1. The third kappa shape index (κ3) is 4.41. The van der Waals surface area contributed by atoms with Crippen LogP contribution in [0, 0.1) is 5.92 Å². The summed E-state index contributed by atoms with van der Waals surface area (Å²) in [6, 6.07) is 8.31. The molecule has 0 saturated carbocycles. The zero-order chi connectivity index (χ0) is 16.8. The monoisotopic (exact) mass is 332 g/mol. The Bertz CT molecular complexity index is 543. The summed E-state index contributed by atoms with van der Waals surface area (Å²) in [4.78, 5) is 14.7. The van der Waals surface area contributed by atoms with Crippen LogP contribution < -0.4 is 15.0 Å². The van der Waals surface area contributed by atoms with E-state index in [0.29, 0.717) is 12.3 Å². The lowest BCUT2D eigenvalue weighted by Crippen LogP contribution is -2.48. The molecule has 132 valence electrons. The molecule has 1 aromatic rings. The van der Waals surface area contributed by atoms with Crippen LogP contribution in [0.1, 0.15) is 32.1 Å². The van der Waals surface area contributed by atoms with E-state index in [2.05, 4.69) is 16.3 Å². The number of anilines is 1. The molecule has 2 aliphatic rings. The van der Waals surface area contributed by atoms with Gasteiger partial charge in [0.1, 0.15) is 5.75 Å². The van der Waals surface area contributed by atoms with Crippen LogP contribution in [0.3, 0.4) is 0 Å². The standard InChI is InChI=1S/C19H28N2O3/c1-23-18-7-3-2-6-17(18)21-10-4-5-16(14-21)20-19(22)13-15-8-11-24-12-9-15/h2-3,6-7,15-16H,4-5,8-14H2,1H3,(H,20,22). The van der Waals surface area contributed by atoms with Crippen molar-refractivity contribution in [1.29, 1.82) is 0 Å². The molecule has 5 heteroatoms. The van der Waals surface area contributed by atoms with Gasteiger partial charge >= 0.3 is 0 Å². The fourth-order valence-electron chi connectivity index (χ4n) is 3.70. The molecule has 0 bridgehead atoms. The second-order valence-corrected chi connectivity index (χ2v) is 6.78. The number of carbonyl (C=O) groups is 1. The first-order chi connectivity index (χ1) is 11.8. The van der Waals surface area contributed by atoms with Gasteiger partial charge in [-0.05, 0) is 43.7 Å². The van der Waals surface area contributed by atoms with E-state index in [1.165, 1.54) is 0 Å². The van der Waals surface area contributed by atoms with E-state index in [1.54, 1.807) is 7.11 Å². The summed E-state index contributed by atoms with van der Waals surface area (Å²) in [6.07, 6.45) is 4.77. The second-order valence-electron chi connectivity index (χ2n) is 6.78. The Morgan fingerprint density at radius 3 is 2.88 bits per heavy atom. The van der Waals surface area contributed by atoms with Crippen LogP contribution in [0.15, 0.2) is 24.3 Å². The lowest BCUT2D eigenvalue weighted by atomic mass is 9.95. The number of ether oxygens (including phenoxy) is 2. The first-order valence-corrected chi connectivity index (χ1v) is 9.01. The molecular formula is C19H28N2O3. The summed E-state index contributed by atoms with van der Waals surface area (Å²) in [5.41, 5.74) is 1.11. The maximum Gasteiger partial charge on any atom is 0.220 e. The van der Waals surface area contributed by atoms with Crippen LogP contribution in [0.25, 0.3) is 0 Å². The number of carbonyl (C=O) groups excluding carboxylic acids is 1. The van der Waals surface area contributed by atoms with E-state index in [9.17, 15) is 4.79 Å². The topological polar surface area (TPSA) is 50.8 Å². The number of piperidine rings is 1. The van der Waals surface area contributed by atoms with Gasteiger partial charge < -0.3 is 19.7 Å². The fourth-order valence-corrected chi connectivity index (χ4v) is 3.70. The average Bonchev–Trinajstić information content (AvgIpc) is 2.62. The molecule has 2 saturated heterocycles. The predicted octanol–water partition coefficient (Wildman–Crippen LogP) is 2.60. The van der Waals surface area contributed by atoms with Crippen molar-refractivity contribution in [3.8, 4) is 5.75 Å². The van der Waals surface area contributed by atoms with E-state index < -0.39 is 0 Å². The van der Waals surface area contributed by atoms with E-state index in [-0.39, 0.29) is 11.9 Å². The van der Waals surface area contributed by atoms with Gasteiger partial charge in [-0.1, -0.05) is 12.1 Å².